The molecule has 150 valence electrons. The molecular formula is C22H27Cl2N3O. The van der Waals surface area contributed by atoms with Gasteiger partial charge in [0.2, 0.25) is 0 Å². The van der Waals surface area contributed by atoms with Crippen LogP contribution >= 0.6 is 23.2 Å². The molecule has 1 aliphatic rings. The molecule has 0 aliphatic carbocycles. The third kappa shape index (κ3) is 5.71. The topological polar surface area (TPSA) is 35.6 Å². The lowest BCUT2D eigenvalue weighted by atomic mass is 9.94. The SMILES string of the molecule is CN(C[C@@H](CCN1CCNCC1)c1ccc(Cl)c(Cl)c1)C(=O)c1ccccc1. The Bertz CT molecular complexity index is 779. The van der Waals surface area contributed by atoms with Gasteiger partial charge in [-0.1, -0.05) is 47.5 Å². The number of hydrogen-bond donors (Lipinski definition) is 1. The van der Waals surface area contributed by atoms with Crippen molar-refractivity contribution in [2.75, 3.05) is 46.3 Å². The van der Waals surface area contributed by atoms with E-state index < -0.39 is 0 Å². The summed E-state index contributed by atoms with van der Waals surface area (Å²) in [5, 5.41) is 4.50. The first kappa shape index (κ1) is 21.1. The fourth-order valence-electron chi connectivity index (χ4n) is 3.62. The lowest BCUT2D eigenvalue weighted by Gasteiger charge is -2.30. The van der Waals surface area contributed by atoms with Crippen molar-refractivity contribution in [2.24, 2.45) is 0 Å². The van der Waals surface area contributed by atoms with Gasteiger partial charge in [0.1, 0.15) is 0 Å². The van der Waals surface area contributed by atoms with E-state index in [0.717, 1.165) is 44.7 Å². The van der Waals surface area contributed by atoms with E-state index in [9.17, 15) is 4.79 Å². The highest BCUT2D eigenvalue weighted by Crippen LogP contribution is 2.29. The number of halogens is 2. The number of nitrogens with one attached hydrogen (secondary N) is 1. The molecule has 1 N–H and O–H groups in total. The molecule has 1 fully saturated rings. The zero-order valence-electron chi connectivity index (χ0n) is 16.2. The van der Waals surface area contributed by atoms with Gasteiger partial charge in [-0.3, -0.25) is 4.79 Å². The first-order chi connectivity index (χ1) is 13.5. The summed E-state index contributed by atoms with van der Waals surface area (Å²) in [5.41, 5.74) is 1.83. The minimum atomic E-state index is 0.0350. The summed E-state index contributed by atoms with van der Waals surface area (Å²) in [5.74, 6) is 0.232. The van der Waals surface area contributed by atoms with E-state index >= 15 is 0 Å². The van der Waals surface area contributed by atoms with Crippen LogP contribution in [0.5, 0.6) is 0 Å². The molecule has 2 aromatic rings. The summed E-state index contributed by atoms with van der Waals surface area (Å²) in [6, 6.07) is 15.2. The largest absolute Gasteiger partial charge is 0.341 e. The lowest BCUT2D eigenvalue weighted by molar-refractivity contribution is 0.0782. The van der Waals surface area contributed by atoms with Crippen LogP contribution in [0.3, 0.4) is 0 Å². The van der Waals surface area contributed by atoms with E-state index in [4.69, 9.17) is 23.2 Å². The van der Waals surface area contributed by atoms with Crippen molar-refractivity contribution >= 4 is 29.1 Å². The molecule has 1 saturated heterocycles. The van der Waals surface area contributed by atoms with Gasteiger partial charge in [-0.05, 0) is 42.8 Å². The number of likely N-dealkylation sites (N-methyl/N-ethyl adjacent to an activating group) is 1. The molecule has 0 saturated carbocycles. The molecule has 0 radical (unpaired) electrons. The van der Waals surface area contributed by atoms with Crippen molar-refractivity contribution in [2.45, 2.75) is 12.3 Å². The molecule has 2 aromatic carbocycles. The predicted octanol–water partition coefficient (Wildman–Crippen LogP) is 4.14. The van der Waals surface area contributed by atoms with E-state index in [2.05, 4.69) is 10.2 Å². The van der Waals surface area contributed by atoms with Crippen molar-refractivity contribution in [3.63, 3.8) is 0 Å². The molecule has 0 spiro atoms. The zero-order valence-corrected chi connectivity index (χ0v) is 17.7. The number of hydrogen-bond acceptors (Lipinski definition) is 3. The predicted molar refractivity (Wildman–Crippen MR) is 117 cm³/mol. The highest BCUT2D eigenvalue weighted by Gasteiger charge is 2.21. The average molecular weight is 420 g/mol. The summed E-state index contributed by atoms with van der Waals surface area (Å²) in [6.45, 7) is 5.82. The van der Waals surface area contributed by atoms with Crippen LogP contribution in [0.1, 0.15) is 28.3 Å². The van der Waals surface area contributed by atoms with Crippen LogP contribution in [-0.2, 0) is 0 Å². The Balaban J connectivity index is 1.72. The first-order valence-electron chi connectivity index (χ1n) is 9.73. The summed E-state index contributed by atoms with van der Waals surface area (Å²) < 4.78 is 0. The molecule has 3 rings (SSSR count). The lowest BCUT2D eigenvalue weighted by Crippen LogP contribution is -2.44. The highest BCUT2D eigenvalue weighted by molar-refractivity contribution is 6.42. The molecule has 0 unspecified atom stereocenters. The maximum atomic E-state index is 12.8. The molecule has 6 heteroatoms. The maximum absolute atomic E-state index is 12.8. The number of nitrogens with zero attached hydrogens (tertiary/aromatic N) is 2. The molecule has 28 heavy (non-hydrogen) atoms. The van der Waals surface area contributed by atoms with Gasteiger partial charge in [0.25, 0.3) is 5.91 Å². The Morgan fingerprint density at radius 3 is 2.50 bits per heavy atom. The van der Waals surface area contributed by atoms with Crippen molar-refractivity contribution in [3.8, 4) is 0 Å². The number of piperazine rings is 1. The number of carbonyl (C=O) groups excluding carboxylic acids is 1. The fourth-order valence-corrected chi connectivity index (χ4v) is 3.92. The normalized spacial score (nSPS) is 16.0. The highest BCUT2D eigenvalue weighted by atomic mass is 35.5. The Labute approximate surface area is 177 Å². The van der Waals surface area contributed by atoms with Crippen LogP contribution < -0.4 is 5.32 Å². The average Bonchev–Trinajstić information content (AvgIpc) is 2.73. The standard InChI is InChI=1S/C22H27Cl2N3O/c1-26(22(28)17-5-3-2-4-6-17)16-19(9-12-27-13-10-25-11-14-27)18-7-8-20(23)21(24)15-18/h2-8,15,19,25H,9-14,16H2,1H3/t19-/m1/s1. The Hall–Kier alpha value is -1.59. The quantitative estimate of drug-likeness (QED) is 0.731. The second-order valence-electron chi connectivity index (χ2n) is 7.30. The minimum absolute atomic E-state index is 0.0350. The Kier molecular flexibility index (Phi) is 7.74. The molecule has 1 aliphatic heterocycles. The van der Waals surface area contributed by atoms with Crippen molar-refractivity contribution < 1.29 is 4.79 Å². The van der Waals surface area contributed by atoms with Crippen LogP contribution in [0.15, 0.2) is 48.5 Å². The first-order valence-corrected chi connectivity index (χ1v) is 10.5. The van der Waals surface area contributed by atoms with Gasteiger partial charge in [-0.15, -0.1) is 0 Å². The van der Waals surface area contributed by atoms with Crippen LogP contribution in [0.2, 0.25) is 10.0 Å². The van der Waals surface area contributed by atoms with Gasteiger partial charge in [-0.25, -0.2) is 0 Å². The fraction of sp³-hybridized carbons (Fsp3) is 0.409. The summed E-state index contributed by atoms with van der Waals surface area (Å²) in [7, 11) is 1.87. The second kappa shape index (κ2) is 10.3. The van der Waals surface area contributed by atoms with Crippen molar-refractivity contribution in [1.82, 2.24) is 15.1 Å². The van der Waals surface area contributed by atoms with E-state index in [1.165, 1.54) is 0 Å². The van der Waals surface area contributed by atoms with Gasteiger partial charge in [0.15, 0.2) is 0 Å². The molecule has 4 nitrogen and oxygen atoms in total. The number of benzene rings is 2. The molecule has 1 amide bonds. The number of carbonyl (C=O) groups is 1. The van der Waals surface area contributed by atoms with Gasteiger partial charge < -0.3 is 15.1 Å². The van der Waals surface area contributed by atoms with Gasteiger partial charge >= 0.3 is 0 Å². The third-order valence-corrected chi connectivity index (χ3v) is 6.02. The smallest absolute Gasteiger partial charge is 0.253 e. The van der Waals surface area contributed by atoms with Crippen LogP contribution in [0.4, 0.5) is 0 Å². The van der Waals surface area contributed by atoms with Gasteiger partial charge in [0, 0.05) is 51.3 Å². The van der Waals surface area contributed by atoms with Crippen LogP contribution in [-0.4, -0.2) is 62.0 Å². The van der Waals surface area contributed by atoms with Crippen LogP contribution in [0.25, 0.3) is 0 Å². The summed E-state index contributed by atoms with van der Waals surface area (Å²) >= 11 is 12.4. The van der Waals surface area contributed by atoms with Crippen molar-refractivity contribution in [1.29, 1.82) is 0 Å². The minimum Gasteiger partial charge on any atom is -0.341 e. The monoisotopic (exact) mass is 419 g/mol. The molecule has 1 atom stereocenters. The van der Waals surface area contributed by atoms with E-state index in [1.807, 2.05) is 55.6 Å². The Morgan fingerprint density at radius 1 is 1.11 bits per heavy atom. The molecule has 1 heterocycles. The zero-order chi connectivity index (χ0) is 19.9. The maximum Gasteiger partial charge on any atom is 0.253 e. The third-order valence-electron chi connectivity index (χ3n) is 5.28. The number of rotatable bonds is 7. The summed E-state index contributed by atoms with van der Waals surface area (Å²) in [4.78, 5) is 17.1. The summed E-state index contributed by atoms with van der Waals surface area (Å²) in [6.07, 6.45) is 0.963. The van der Waals surface area contributed by atoms with Crippen molar-refractivity contribution in [3.05, 3.63) is 69.7 Å². The van der Waals surface area contributed by atoms with Crippen LogP contribution in [0, 0.1) is 0 Å². The molecule has 0 bridgehead atoms. The molecular weight excluding hydrogens is 393 g/mol. The molecule has 0 aromatic heterocycles. The van der Waals surface area contributed by atoms with E-state index in [1.54, 1.807) is 4.90 Å². The Morgan fingerprint density at radius 2 is 1.82 bits per heavy atom. The van der Waals surface area contributed by atoms with E-state index in [-0.39, 0.29) is 11.8 Å². The second-order valence-corrected chi connectivity index (χ2v) is 8.12. The number of amides is 1. The van der Waals surface area contributed by atoms with E-state index in [0.29, 0.717) is 22.2 Å². The van der Waals surface area contributed by atoms with Gasteiger partial charge in [-0.2, -0.15) is 0 Å². The van der Waals surface area contributed by atoms with Gasteiger partial charge in [0.05, 0.1) is 10.0 Å².